The highest BCUT2D eigenvalue weighted by molar-refractivity contribution is 6.09. The van der Waals surface area contributed by atoms with Gasteiger partial charge < -0.3 is 5.11 Å². The van der Waals surface area contributed by atoms with Crippen LogP contribution in [0.25, 0.3) is 0 Å². The molecule has 0 bridgehead atoms. The van der Waals surface area contributed by atoms with Crippen LogP contribution in [0, 0.1) is 5.92 Å². The fourth-order valence-corrected chi connectivity index (χ4v) is 3.28. The summed E-state index contributed by atoms with van der Waals surface area (Å²) in [6.07, 6.45) is 3.62. The number of carbonyl (C=O) groups is 2. The molecule has 1 N–H and O–H groups in total. The molecule has 1 aliphatic carbocycles. The van der Waals surface area contributed by atoms with Crippen molar-refractivity contribution in [3.63, 3.8) is 0 Å². The van der Waals surface area contributed by atoms with E-state index in [1.807, 2.05) is 18.2 Å². The Morgan fingerprint density at radius 2 is 2.00 bits per heavy atom. The van der Waals surface area contributed by atoms with Crippen LogP contribution in [-0.2, 0) is 11.2 Å². The highest BCUT2D eigenvalue weighted by Crippen LogP contribution is 2.29. The van der Waals surface area contributed by atoms with Crippen molar-refractivity contribution in [2.75, 3.05) is 6.54 Å². The summed E-state index contributed by atoms with van der Waals surface area (Å²) < 4.78 is 0. The van der Waals surface area contributed by atoms with E-state index in [1.54, 1.807) is 6.07 Å². The van der Waals surface area contributed by atoms with Gasteiger partial charge in [0.2, 0.25) is 5.91 Å². The second kappa shape index (κ2) is 5.37. The van der Waals surface area contributed by atoms with Crippen molar-refractivity contribution in [1.29, 1.82) is 0 Å². The smallest absolute Gasteiger partial charge is 0.260 e. The van der Waals surface area contributed by atoms with Gasteiger partial charge in [-0.2, -0.15) is 0 Å². The van der Waals surface area contributed by atoms with E-state index in [2.05, 4.69) is 0 Å². The van der Waals surface area contributed by atoms with Crippen LogP contribution in [0.5, 0.6) is 0 Å². The Kier molecular flexibility index (Phi) is 3.57. The van der Waals surface area contributed by atoms with E-state index < -0.39 is 0 Å². The van der Waals surface area contributed by atoms with Gasteiger partial charge in [0.25, 0.3) is 5.91 Å². The molecule has 20 heavy (non-hydrogen) atoms. The van der Waals surface area contributed by atoms with Gasteiger partial charge in [-0.3, -0.25) is 14.5 Å². The van der Waals surface area contributed by atoms with Crippen LogP contribution in [-0.4, -0.2) is 34.5 Å². The first kappa shape index (κ1) is 13.3. The zero-order chi connectivity index (χ0) is 14.1. The summed E-state index contributed by atoms with van der Waals surface area (Å²) in [6, 6.07) is 7.29. The van der Waals surface area contributed by atoms with Gasteiger partial charge in [-0.15, -0.1) is 0 Å². The molecule has 0 saturated heterocycles. The lowest BCUT2D eigenvalue weighted by Gasteiger charge is -2.28. The molecule has 2 amide bonds. The number of benzene rings is 1. The molecule has 1 fully saturated rings. The summed E-state index contributed by atoms with van der Waals surface area (Å²) in [5.41, 5.74) is 1.46. The van der Waals surface area contributed by atoms with Crippen molar-refractivity contribution in [2.24, 2.45) is 5.92 Å². The lowest BCUT2D eigenvalue weighted by molar-refractivity contribution is -0.128. The number of carbonyl (C=O) groups excluding carboxylic acids is 2. The van der Waals surface area contributed by atoms with Crippen molar-refractivity contribution >= 4 is 11.8 Å². The molecule has 2 aliphatic rings. The Morgan fingerprint density at radius 3 is 2.75 bits per heavy atom. The SMILES string of the molecule is O=C1Cc2ccccc2C(=O)N1CCC1CCCC1O. The van der Waals surface area contributed by atoms with Gasteiger partial charge in [0.1, 0.15) is 0 Å². The van der Waals surface area contributed by atoms with E-state index in [9.17, 15) is 14.7 Å². The fraction of sp³-hybridized carbons (Fsp3) is 0.500. The lowest BCUT2D eigenvalue weighted by Crippen LogP contribution is -2.43. The van der Waals surface area contributed by atoms with E-state index in [0.717, 1.165) is 24.8 Å². The number of aliphatic hydroxyl groups excluding tert-OH is 1. The van der Waals surface area contributed by atoms with Crippen molar-refractivity contribution in [2.45, 2.75) is 38.2 Å². The average Bonchev–Trinajstić information content (AvgIpc) is 2.84. The summed E-state index contributed by atoms with van der Waals surface area (Å²) in [7, 11) is 0. The quantitative estimate of drug-likeness (QED) is 0.854. The van der Waals surface area contributed by atoms with Crippen LogP contribution in [0.4, 0.5) is 0 Å². The number of amides is 2. The van der Waals surface area contributed by atoms with Gasteiger partial charge in [-0.25, -0.2) is 0 Å². The van der Waals surface area contributed by atoms with Crippen LogP contribution in [0.3, 0.4) is 0 Å². The largest absolute Gasteiger partial charge is 0.393 e. The highest BCUT2D eigenvalue weighted by atomic mass is 16.3. The maximum Gasteiger partial charge on any atom is 0.260 e. The molecule has 1 heterocycles. The monoisotopic (exact) mass is 273 g/mol. The molecule has 106 valence electrons. The molecule has 1 saturated carbocycles. The highest BCUT2D eigenvalue weighted by Gasteiger charge is 2.32. The van der Waals surface area contributed by atoms with Gasteiger partial charge in [-0.1, -0.05) is 24.6 Å². The molecule has 0 radical (unpaired) electrons. The standard InChI is InChI=1S/C16H19NO3/c18-14-7-3-5-11(14)8-9-17-15(19)10-12-4-1-2-6-13(12)16(17)20/h1-2,4,6,11,14,18H,3,5,7-10H2. The molecular formula is C16H19NO3. The van der Waals surface area contributed by atoms with Gasteiger partial charge >= 0.3 is 0 Å². The van der Waals surface area contributed by atoms with Crippen molar-refractivity contribution in [3.05, 3.63) is 35.4 Å². The summed E-state index contributed by atoms with van der Waals surface area (Å²) in [6.45, 7) is 0.424. The summed E-state index contributed by atoms with van der Waals surface area (Å²) in [4.78, 5) is 25.8. The normalized spacial score (nSPS) is 25.9. The van der Waals surface area contributed by atoms with E-state index in [-0.39, 0.29) is 23.8 Å². The minimum atomic E-state index is -0.266. The minimum absolute atomic E-state index is 0.124. The third kappa shape index (κ3) is 2.36. The Morgan fingerprint density at radius 1 is 1.20 bits per heavy atom. The third-order valence-electron chi connectivity index (χ3n) is 4.48. The molecule has 0 aromatic heterocycles. The van der Waals surface area contributed by atoms with Crippen LogP contribution in [0.15, 0.2) is 24.3 Å². The summed E-state index contributed by atoms with van der Waals surface area (Å²) in [5, 5.41) is 9.82. The number of hydrogen-bond acceptors (Lipinski definition) is 3. The van der Waals surface area contributed by atoms with Crippen molar-refractivity contribution in [3.8, 4) is 0 Å². The van der Waals surface area contributed by atoms with Crippen molar-refractivity contribution < 1.29 is 14.7 Å². The van der Waals surface area contributed by atoms with Crippen LogP contribution in [0.2, 0.25) is 0 Å². The number of aliphatic hydroxyl groups is 1. The topological polar surface area (TPSA) is 57.6 Å². The third-order valence-corrected chi connectivity index (χ3v) is 4.48. The zero-order valence-electron chi connectivity index (χ0n) is 11.4. The van der Waals surface area contributed by atoms with Crippen LogP contribution >= 0.6 is 0 Å². The number of hydrogen-bond donors (Lipinski definition) is 1. The summed E-state index contributed by atoms with van der Waals surface area (Å²) in [5.74, 6) is -0.0849. The van der Waals surface area contributed by atoms with Gasteiger partial charge in [0.15, 0.2) is 0 Å². The maximum atomic E-state index is 12.4. The number of fused-ring (bicyclic) bond motifs is 1. The Balaban J connectivity index is 1.71. The van der Waals surface area contributed by atoms with Crippen LogP contribution in [0.1, 0.15) is 41.6 Å². The Labute approximate surface area is 118 Å². The lowest BCUT2D eigenvalue weighted by atomic mass is 9.96. The molecule has 0 spiro atoms. The van der Waals surface area contributed by atoms with E-state index in [1.165, 1.54) is 4.90 Å². The van der Waals surface area contributed by atoms with E-state index in [0.29, 0.717) is 24.9 Å². The molecule has 4 heteroatoms. The van der Waals surface area contributed by atoms with Gasteiger partial charge in [0, 0.05) is 12.1 Å². The minimum Gasteiger partial charge on any atom is -0.393 e. The molecule has 2 atom stereocenters. The predicted octanol–water partition coefficient (Wildman–Crippen LogP) is 1.76. The Bertz CT molecular complexity index is 540. The first-order valence-corrected chi connectivity index (χ1v) is 7.27. The molecule has 4 nitrogen and oxygen atoms in total. The van der Waals surface area contributed by atoms with Crippen LogP contribution < -0.4 is 0 Å². The van der Waals surface area contributed by atoms with E-state index in [4.69, 9.17) is 0 Å². The molecular weight excluding hydrogens is 254 g/mol. The second-order valence-corrected chi connectivity index (χ2v) is 5.73. The molecule has 1 aromatic carbocycles. The number of nitrogens with zero attached hydrogens (tertiary/aromatic N) is 1. The van der Waals surface area contributed by atoms with Gasteiger partial charge in [0.05, 0.1) is 12.5 Å². The second-order valence-electron chi connectivity index (χ2n) is 5.73. The number of rotatable bonds is 3. The zero-order valence-corrected chi connectivity index (χ0v) is 11.4. The first-order chi connectivity index (χ1) is 9.66. The molecule has 2 unspecified atom stereocenters. The molecule has 3 rings (SSSR count). The molecule has 1 aliphatic heterocycles. The predicted molar refractivity (Wildman–Crippen MR) is 74.2 cm³/mol. The summed E-state index contributed by atoms with van der Waals surface area (Å²) >= 11 is 0. The molecule has 1 aromatic rings. The maximum absolute atomic E-state index is 12.4. The first-order valence-electron chi connectivity index (χ1n) is 7.27. The number of imide groups is 1. The van der Waals surface area contributed by atoms with Gasteiger partial charge in [-0.05, 0) is 36.8 Å². The Hall–Kier alpha value is -1.68. The average molecular weight is 273 g/mol. The van der Waals surface area contributed by atoms with E-state index >= 15 is 0 Å². The fourth-order valence-electron chi connectivity index (χ4n) is 3.28. The van der Waals surface area contributed by atoms with Crippen molar-refractivity contribution in [1.82, 2.24) is 4.90 Å².